The van der Waals surface area contributed by atoms with E-state index < -0.39 is 0 Å². The number of benzene rings is 1. The van der Waals surface area contributed by atoms with Crippen molar-refractivity contribution in [3.8, 4) is 5.75 Å². The van der Waals surface area contributed by atoms with Crippen LogP contribution in [0.25, 0.3) is 0 Å². The molecule has 5 heteroatoms. The minimum Gasteiger partial charge on any atom is -0.497 e. The van der Waals surface area contributed by atoms with E-state index in [-0.39, 0.29) is 5.91 Å². The van der Waals surface area contributed by atoms with Gasteiger partial charge >= 0.3 is 0 Å². The average Bonchev–Trinajstić information content (AvgIpc) is 2.48. The number of carbonyl (C=O) groups is 1. The third kappa shape index (κ3) is 4.13. The van der Waals surface area contributed by atoms with Crippen molar-refractivity contribution in [2.45, 2.75) is 6.92 Å². The van der Waals surface area contributed by atoms with Gasteiger partial charge < -0.3 is 15.0 Å². The summed E-state index contributed by atoms with van der Waals surface area (Å²) in [6.45, 7) is 7.12. The zero-order valence-electron chi connectivity index (χ0n) is 12.3. The number of hydrogen-bond donors (Lipinski definition) is 1. The van der Waals surface area contributed by atoms with Gasteiger partial charge in [0.15, 0.2) is 0 Å². The first-order valence-corrected chi connectivity index (χ1v) is 7.05. The van der Waals surface area contributed by atoms with Crippen LogP contribution in [0.3, 0.4) is 0 Å². The molecule has 1 fully saturated rings. The molecule has 2 rings (SSSR count). The van der Waals surface area contributed by atoms with Gasteiger partial charge in [0.25, 0.3) is 0 Å². The normalized spacial score (nSPS) is 16.0. The van der Waals surface area contributed by atoms with Crippen molar-refractivity contribution in [1.82, 2.24) is 9.80 Å². The molecule has 110 valence electrons. The first-order valence-electron chi connectivity index (χ1n) is 7.05. The van der Waals surface area contributed by atoms with E-state index in [0.717, 1.165) is 50.7 Å². The molecular formula is C15H23N3O2. The number of carbonyl (C=O) groups excluding carboxylic acids is 1. The van der Waals surface area contributed by atoms with Crippen molar-refractivity contribution < 1.29 is 9.53 Å². The number of rotatable bonds is 5. The molecule has 0 atom stereocenters. The van der Waals surface area contributed by atoms with Crippen LogP contribution >= 0.6 is 0 Å². The largest absolute Gasteiger partial charge is 0.497 e. The van der Waals surface area contributed by atoms with Crippen molar-refractivity contribution in [2.75, 3.05) is 51.7 Å². The Hall–Kier alpha value is -1.75. The Balaban J connectivity index is 1.70. The van der Waals surface area contributed by atoms with Crippen molar-refractivity contribution in [1.29, 1.82) is 0 Å². The molecule has 1 heterocycles. The molecule has 0 spiro atoms. The van der Waals surface area contributed by atoms with Gasteiger partial charge in [-0.25, -0.2) is 0 Å². The fourth-order valence-electron chi connectivity index (χ4n) is 2.38. The standard InChI is InChI=1S/C15H23N3O2/c1-13(19)18-10-8-17(9-11-18)7-6-16-14-4-3-5-15(12-14)20-2/h3-5,12,16H,6-11H2,1-2H3. The monoisotopic (exact) mass is 277 g/mol. The Bertz CT molecular complexity index is 442. The van der Waals surface area contributed by atoms with Crippen molar-refractivity contribution in [2.24, 2.45) is 0 Å². The Morgan fingerprint density at radius 1 is 1.30 bits per heavy atom. The number of nitrogens with zero attached hydrogens (tertiary/aromatic N) is 2. The van der Waals surface area contributed by atoms with E-state index in [0.29, 0.717) is 0 Å². The lowest BCUT2D eigenvalue weighted by Gasteiger charge is -2.34. The molecule has 0 bridgehead atoms. The maximum absolute atomic E-state index is 11.2. The summed E-state index contributed by atoms with van der Waals surface area (Å²) in [6.07, 6.45) is 0. The van der Waals surface area contributed by atoms with Gasteiger partial charge in [0.05, 0.1) is 7.11 Å². The van der Waals surface area contributed by atoms with Gasteiger partial charge in [-0.2, -0.15) is 0 Å². The summed E-state index contributed by atoms with van der Waals surface area (Å²) < 4.78 is 5.20. The van der Waals surface area contributed by atoms with E-state index in [4.69, 9.17) is 4.74 Å². The molecule has 1 aliphatic rings. The number of nitrogens with one attached hydrogen (secondary N) is 1. The van der Waals surface area contributed by atoms with Gasteiger partial charge in [0.1, 0.15) is 5.75 Å². The van der Waals surface area contributed by atoms with E-state index in [2.05, 4.69) is 10.2 Å². The summed E-state index contributed by atoms with van der Waals surface area (Å²) in [5.74, 6) is 1.05. The topological polar surface area (TPSA) is 44.8 Å². The van der Waals surface area contributed by atoms with E-state index in [1.807, 2.05) is 29.2 Å². The highest BCUT2D eigenvalue weighted by Crippen LogP contribution is 2.16. The van der Waals surface area contributed by atoms with Crippen LogP contribution in [-0.2, 0) is 4.79 Å². The minimum atomic E-state index is 0.180. The summed E-state index contributed by atoms with van der Waals surface area (Å²) in [7, 11) is 1.67. The second-order valence-corrected chi connectivity index (χ2v) is 5.01. The van der Waals surface area contributed by atoms with Crippen LogP contribution in [0, 0.1) is 0 Å². The first-order chi connectivity index (χ1) is 9.69. The highest BCUT2D eigenvalue weighted by Gasteiger charge is 2.17. The number of hydrogen-bond acceptors (Lipinski definition) is 4. The van der Waals surface area contributed by atoms with Crippen molar-refractivity contribution in [3.63, 3.8) is 0 Å². The lowest BCUT2D eigenvalue weighted by atomic mass is 10.3. The number of ether oxygens (including phenoxy) is 1. The second kappa shape index (κ2) is 7.14. The molecule has 1 amide bonds. The van der Waals surface area contributed by atoms with E-state index in [9.17, 15) is 4.79 Å². The summed E-state index contributed by atoms with van der Waals surface area (Å²) in [5.41, 5.74) is 1.08. The molecule has 0 radical (unpaired) electrons. The predicted molar refractivity (Wildman–Crippen MR) is 80.2 cm³/mol. The Morgan fingerprint density at radius 2 is 2.05 bits per heavy atom. The van der Waals surface area contributed by atoms with Gasteiger partial charge in [-0.05, 0) is 12.1 Å². The molecule has 1 aromatic carbocycles. The first kappa shape index (κ1) is 14.7. The highest BCUT2D eigenvalue weighted by atomic mass is 16.5. The molecule has 0 unspecified atom stereocenters. The van der Waals surface area contributed by atoms with Crippen LogP contribution in [0.5, 0.6) is 5.75 Å². The van der Waals surface area contributed by atoms with Gasteiger partial charge in [0.2, 0.25) is 5.91 Å². The van der Waals surface area contributed by atoms with Crippen LogP contribution in [0.2, 0.25) is 0 Å². The van der Waals surface area contributed by atoms with Gasteiger partial charge in [0, 0.05) is 57.9 Å². The van der Waals surface area contributed by atoms with Gasteiger partial charge in [-0.1, -0.05) is 6.07 Å². The molecule has 0 aromatic heterocycles. The zero-order valence-corrected chi connectivity index (χ0v) is 12.3. The van der Waals surface area contributed by atoms with E-state index in [1.165, 1.54) is 0 Å². The smallest absolute Gasteiger partial charge is 0.219 e. The van der Waals surface area contributed by atoms with Crippen LogP contribution < -0.4 is 10.1 Å². The molecule has 1 aliphatic heterocycles. The summed E-state index contributed by atoms with van der Waals surface area (Å²) in [6, 6.07) is 7.95. The van der Waals surface area contributed by atoms with E-state index >= 15 is 0 Å². The molecule has 1 aromatic rings. The Kier molecular flexibility index (Phi) is 5.24. The maximum Gasteiger partial charge on any atom is 0.219 e. The second-order valence-electron chi connectivity index (χ2n) is 5.01. The minimum absolute atomic E-state index is 0.180. The summed E-state index contributed by atoms with van der Waals surface area (Å²) in [5, 5.41) is 3.40. The lowest BCUT2D eigenvalue weighted by Crippen LogP contribution is -2.49. The third-order valence-electron chi connectivity index (χ3n) is 3.64. The third-order valence-corrected chi connectivity index (χ3v) is 3.64. The molecular weight excluding hydrogens is 254 g/mol. The van der Waals surface area contributed by atoms with Gasteiger partial charge in [-0.15, -0.1) is 0 Å². The Labute approximate surface area is 120 Å². The summed E-state index contributed by atoms with van der Waals surface area (Å²) >= 11 is 0. The quantitative estimate of drug-likeness (QED) is 0.880. The van der Waals surface area contributed by atoms with Crippen LogP contribution in [0.1, 0.15) is 6.92 Å². The predicted octanol–water partition coefficient (Wildman–Crippen LogP) is 1.27. The number of methoxy groups -OCH3 is 1. The van der Waals surface area contributed by atoms with E-state index in [1.54, 1.807) is 14.0 Å². The maximum atomic E-state index is 11.2. The fourth-order valence-corrected chi connectivity index (χ4v) is 2.38. The zero-order chi connectivity index (χ0) is 14.4. The molecule has 20 heavy (non-hydrogen) atoms. The molecule has 5 nitrogen and oxygen atoms in total. The SMILES string of the molecule is COc1cccc(NCCN2CCN(C(C)=O)CC2)c1. The van der Waals surface area contributed by atoms with Crippen molar-refractivity contribution in [3.05, 3.63) is 24.3 Å². The number of amides is 1. The van der Waals surface area contributed by atoms with Crippen molar-refractivity contribution >= 4 is 11.6 Å². The molecule has 0 aliphatic carbocycles. The number of piperazine rings is 1. The van der Waals surface area contributed by atoms with Crippen LogP contribution in [0.15, 0.2) is 24.3 Å². The van der Waals surface area contributed by atoms with Crippen LogP contribution in [-0.4, -0.2) is 62.1 Å². The molecule has 0 saturated carbocycles. The van der Waals surface area contributed by atoms with Crippen LogP contribution in [0.4, 0.5) is 5.69 Å². The highest BCUT2D eigenvalue weighted by molar-refractivity contribution is 5.73. The number of anilines is 1. The molecule has 1 N–H and O–H groups in total. The lowest BCUT2D eigenvalue weighted by molar-refractivity contribution is -0.130. The average molecular weight is 277 g/mol. The fraction of sp³-hybridized carbons (Fsp3) is 0.533. The van der Waals surface area contributed by atoms with Gasteiger partial charge in [-0.3, -0.25) is 9.69 Å². The molecule has 1 saturated heterocycles. The Morgan fingerprint density at radius 3 is 2.70 bits per heavy atom. The summed E-state index contributed by atoms with van der Waals surface area (Å²) in [4.78, 5) is 15.5.